The van der Waals surface area contributed by atoms with Gasteiger partial charge in [0, 0.05) is 4.57 Å². The van der Waals surface area contributed by atoms with Gasteiger partial charge in [-0.25, -0.2) is 9.13 Å². The van der Waals surface area contributed by atoms with Crippen molar-refractivity contribution < 1.29 is 46.6 Å². The van der Waals surface area contributed by atoms with Crippen LogP contribution in [-0.4, -0.2) is 33.0 Å². The molecule has 0 amide bonds. The van der Waals surface area contributed by atoms with E-state index in [0.29, 0.717) is 0 Å². The third kappa shape index (κ3) is 9.22. The number of rotatable bonds is 7. The molecular weight excluding hydrogens is 277 g/mol. The summed E-state index contributed by atoms with van der Waals surface area (Å²) in [7, 11) is -13.5. The first kappa shape index (κ1) is 15.3. The molecule has 90 valence electrons. The first-order valence-electron chi connectivity index (χ1n) is 3.17. The predicted octanol–water partition coefficient (Wildman–Crippen LogP) is -0.121. The van der Waals surface area contributed by atoms with Gasteiger partial charge >= 0.3 is 23.9 Å². The van der Waals surface area contributed by atoms with E-state index < -0.39 is 37.1 Å². The van der Waals surface area contributed by atoms with Gasteiger partial charge in [-0.05, 0) is 4.31 Å². The van der Waals surface area contributed by atoms with E-state index in [1.54, 1.807) is 0 Å². The van der Waals surface area contributed by atoms with Gasteiger partial charge in [0.15, 0.2) is 0 Å². The van der Waals surface area contributed by atoms with E-state index in [1.165, 1.54) is 0 Å². The molecule has 0 saturated carbocycles. The highest BCUT2D eigenvalue weighted by Crippen LogP contribution is 2.61. The lowest BCUT2D eigenvalue weighted by atomic mass is 10.8. The van der Waals surface area contributed by atoms with Crippen LogP contribution >= 0.6 is 23.9 Å². The minimum absolute atomic E-state index is 0.439. The van der Waals surface area contributed by atoms with E-state index >= 15 is 0 Å². The standard InChI is InChI=1S/C2H7O10P3/c3-1-2-10-13(4)11-15(8,9)12-14(5,6)7/h3H,1-2H2,(H2-,5,6,7,8,9)/p+1. The van der Waals surface area contributed by atoms with Crippen LogP contribution in [0, 0.1) is 0 Å². The number of aliphatic hydroxyl groups is 1. The van der Waals surface area contributed by atoms with Crippen molar-refractivity contribution in [3.8, 4) is 0 Å². The summed E-state index contributed by atoms with van der Waals surface area (Å²) in [5.74, 6) is 0. The predicted molar refractivity (Wildman–Crippen MR) is 44.7 cm³/mol. The minimum Gasteiger partial charge on any atom is -0.394 e. The molecule has 13 heteroatoms. The Hall–Kier alpha value is 0.280. The topological polar surface area (TPSA) is 160 Å². The highest BCUT2D eigenvalue weighted by molar-refractivity contribution is 7.64. The van der Waals surface area contributed by atoms with Crippen LogP contribution in [0.15, 0.2) is 0 Å². The molecular formula is C2H8O10P3+. The summed E-state index contributed by atoms with van der Waals surface area (Å²) in [5, 5.41) is 8.20. The van der Waals surface area contributed by atoms with Crippen molar-refractivity contribution in [3.05, 3.63) is 0 Å². The van der Waals surface area contributed by atoms with Crippen LogP contribution in [0.5, 0.6) is 0 Å². The maximum Gasteiger partial charge on any atom is 0.708 e. The average Bonchev–Trinajstić information content (AvgIpc) is 1.94. The third-order valence-corrected chi connectivity index (χ3v) is 4.10. The van der Waals surface area contributed by atoms with Gasteiger partial charge in [-0.15, -0.1) is 4.52 Å². The SMILES string of the molecule is O=[P+](OCCO)OP(=O)(O)OP(=O)(O)O. The minimum atomic E-state index is -5.24. The Bertz CT molecular complexity index is 304. The van der Waals surface area contributed by atoms with E-state index in [9.17, 15) is 13.7 Å². The van der Waals surface area contributed by atoms with Crippen LogP contribution < -0.4 is 0 Å². The summed E-state index contributed by atoms with van der Waals surface area (Å²) < 4.78 is 42.6. The quantitative estimate of drug-likeness (QED) is 0.464. The first-order valence-corrected chi connectivity index (χ1v) is 7.29. The Labute approximate surface area is 84.6 Å². The summed E-state index contributed by atoms with van der Waals surface area (Å²) in [5.41, 5.74) is 0. The summed E-state index contributed by atoms with van der Waals surface area (Å²) in [6.45, 7) is -0.954. The lowest BCUT2D eigenvalue weighted by Gasteiger charge is -2.04. The van der Waals surface area contributed by atoms with Crippen molar-refractivity contribution in [2.45, 2.75) is 0 Å². The fraction of sp³-hybridized carbons (Fsp3) is 1.00. The summed E-state index contributed by atoms with van der Waals surface area (Å²) in [4.78, 5) is 24.9. The summed E-state index contributed by atoms with van der Waals surface area (Å²) in [6, 6.07) is 0. The molecule has 0 aliphatic carbocycles. The maximum absolute atomic E-state index is 10.7. The van der Waals surface area contributed by atoms with Gasteiger partial charge in [-0.1, -0.05) is 0 Å². The van der Waals surface area contributed by atoms with Crippen LogP contribution in [0.25, 0.3) is 0 Å². The fourth-order valence-corrected chi connectivity index (χ4v) is 2.93. The molecule has 0 saturated heterocycles. The van der Waals surface area contributed by atoms with Gasteiger partial charge in [0.1, 0.15) is 6.61 Å². The van der Waals surface area contributed by atoms with Crippen LogP contribution in [0.3, 0.4) is 0 Å². The Morgan fingerprint density at radius 2 is 1.73 bits per heavy atom. The van der Waals surface area contributed by atoms with Crippen molar-refractivity contribution in [1.29, 1.82) is 0 Å². The van der Waals surface area contributed by atoms with Gasteiger partial charge in [0.2, 0.25) is 0 Å². The van der Waals surface area contributed by atoms with E-state index in [4.69, 9.17) is 19.8 Å². The van der Waals surface area contributed by atoms with Crippen LogP contribution in [0.1, 0.15) is 0 Å². The first-order chi connectivity index (χ1) is 6.66. The molecule has 0 aromatic heterocycles. The zero-order valence-electron chi connectivity index (χ0n) is 6.99. The average molecular weight is 285 g/mol. The number of hydrogen-bond donors (Lipinski definition) is 4. The van der Waals surface area contributed by atoms with Gasteiger partial charge in [0.25, 0.3) is 0 Å². The monoisotopic (exact) mass is 285 g/mol. The third-order valence-electron chi connectivity index (χ3n) is 0.667. The number of phosphoric acid groups is 2. The zero-order chi connectivity index (χ0) is 12.1. The molecule has 0 fully saturated rings. The summed E-state index contributed by atoms with van der Waals surface area (Å²) >= 11 is 0. The Balaban J connectivity index is 4.20. The maximum atomic E-state index is 10.7. The van der Waals surface area contributed by atoms with Crippen LogP contribution in [0.2, 0.25) is 0 Å². The second kappa shape index (κ2) is 6.12. The van der Waals surface area contributed by atoms with Crippen molar-refractivity contribution in [1.82, 2.24) is 0 Å². The second-order valence-electron chi connectivity index (χ2n) is 1.90. The lowest BCUT2D eigenvalue weighted by Crippen LogP contribution is -1.94. The molecule has 0 bridgehead atoms. The number of hydrogen-bond acceptors (Lipinski definition) is 7. The molecule has 0 spiro atoms. The second-order valence-corrected chi connectivity index (χ2v) is 5.83. The molecule has 0 aromatic carbocycles. The molecule has 4 N–H and O–H groups in total. The van der Waals surface area contributed by atoms with Gasteiger partial charge in [0.05, 0.1) is 6.61 Å². The Morgan fingerprint density at radius 1 is 1.20 bits per heavy atom. The van der Waals surface area contributed by atoms with Crippen molar-refractivity contribution in [3.63, 3.8) is 0 Å². The fourth-order valence-electron chi connectivity index (χ4n) is 0.372. The largest absolute Gasteiger partial charge is 0.708 e. The molecule has 0 aliphatic rings. The van der Waals surface area contributed by atoms with Crippen molar-refractivity contribution >= 4 is 23.9 Å². The molecule has 0 aliphatic heterocycles. The zero-order valence-corrected chi connectivity index (χ0v) is 9.68. The van der Waals surface area contributed by atoms with E-state index in [2.05, 4.69) is 13.1 Å². The summed E-state index contributed by atoms with van der Waals surface area (Å²) in [6.07, 6.45) is 0. The van der Waals surface area contributed by atoms with Crippen molar-refractivity contribution in [2.24, 2.45) is 0 Å². The molecule has 0 heterocycles. The molecule has 0 radical (unpaired) electrons. The molecule has 0 rings (SSSR count). The van der Waals surface area contributed by atoms with E-state index in [-0.39, 0.29) is 0 Å². The highest BCUT2D eigenvalue weighted by Gasteiger charge is 2.42. The smallest absolute Gasteiger partial charge is 0.394 e. The Kier molecular flexibility index (Phi) is 6.24. The lowest BCUT2D eigenvalue weighted by molar-refractivity contribution is 0.182. The van der Waals surface area contributed by atoms with Gasteiger partial charge in [-0.2, -0.15) is 4.31 Å². The van der Waals surface area contributed by atoms with Gasteiger partial charge < -0.3 is 14.9 Å². The molecule has 15 heavy (non-hydrogen) atoms. The number of aliphatic hydroxyl groups excluding tert-OH is 1. The van der Waals surface area contributed by atoms with Gasteiger partial charge in [-0.3, -0.25) is 4.89 Å². The van der Waals surface area contributed by atoms with E-state index in [1.807, 2.05) is 0 Å². The molecule has 0 aromatic rings. The molecule has 10 nitrogen and oxygen atoms in total. The van der Waals surface area contributed by atoms with E-state index in [0.717, 1.165) is 0 Å². The normalized spacial score (nSPS) is 17.2. The highest BCUT2D eigenvalue weighted by atomic mass is 31.3. The molecule has 2 atom stereocenters. The van der Waals surface area contributed by atoms with Crippen molar-refractivity contribution in [2.75, 3.05) is 13.2 Å². The van der Waals surface area contributed by atoms with Crippen LogP contribution in [0.4, 0.5) is 0 Å². The molecule has 2 unspecified atom stereocenters. The van der Waals surface area contributed by atoms with Crippen LogP contribution in [-0.2, 0) is 26.8 Å². The Morgan fingerprint density at radius 3 is 2.13 bits per heavy atom.